The van der Waals surface area contributed by atoms with Gasteiger partial charge in [-0.15, -0.1) is 0 Å². The number of aliphatic carboxylic acids is 1. The van der Waals surface area contributed by atoms with Crippen molar-refractivity contribution in [3.05, 3.63) is 12.2 Å². The van der Waals surface area contributed by atoms with Gasteiger partial charge in [0, 0.05) is 6.04 Å². The fourth-order valence-electron chi connectivity index (χ4n) is 2.30. The first kappa shape index (κ1) is 14.7. The Morgan fingerprint density at radius 2 is 1.83 bits per heavy atom. The zero-order valence-corrected chi connectivity index (χ0v) is 10.8. The molecule has 5 nitrogen and oxygen atoms in total. The molecule has 0 radical (unpaired) electrons. The topological polar surface area (TPSA) is 86.6 Å². The number of rotatable bonds is 5. The summed E-state index contributed by atoms with van der Waals surface area (Å²) in [4.78, 5) is 23.1. The van der Waals surface area contributed by atoms with E-state index in [4.69, 9.17) is 5.11 Å². The molecule has 0 heterocycles. The molecule has 0 saturated heterocycles. The second-order valence-electron chi connectivity index (χ2n) is 4.99. The lowest BCUT2D eigenvalue weighted by Crippen LogP contribution is -2.43. The number of carbonyl (C=O) groups excluding carboxylic acids is 1. The number of aliphatic hydroxyl groups is 1. The van der Waals surface area contributed by atoms with Gasteiger partial charge in [0.2, 0.25) is 5.91 Å². The Morgan fingerprint density at radius 1 is 1.28 bits per heavy atom. The van der Waals surface area contributed by atoms with Crippen molar-refractivity contribution >= 4 is 11.9 Å². The van der Waals surface area contributed by atoms with Gasteiger partial charge in [0.25, 0.3) is 0 Å². The number of nitrogens with one attached hydrogen (secondary N) is 1. The number of allylic oxidation sites excluding steroid dienone is 2. The third-order valence-electron chi connectivity index (χ3n) is 3.17. The highest BCUT2D eigenvalue weighted by Gasteiger charge is 2.34. The predicted molar refractivity (Wildman–Crippen MR) is 66.9 cm³/mol. The summed E-state index contributed by atoms with van der Waals surface area (Å²) in [6.07, 6.45) is 4.50. The number of aliphatic hydroxyl groups excluding tert-OH is 1. The van der Waals surface area contributed by atoms with Gasteiger partial charge in [0.15, 0.2) is 0 Å². The highest BCUT2D eigenvalue weighted by atomic mass is 16.4. The summed E-state index contributed by atoms with van der Waals surface area (Å²) in [6, 6.07) is -0.155. The normalized spacial score (nSPS) is 26.4. The van der Waals surface area contributed by atoms with Gasteiger partial charge in [-0.2, -0.15) is 0 Å². The molecule has 102 valence electrons. The van der Waals surface area contributed by atoms with Crippen LogP contribution in [0.3, 0.4) is 0 Å². The number of carboxylic acid groups (broad SMARTS) is 1. The minimum Gasteiger partial charge on any atom is -0.481 e. The van der Waals surface area contributed by atoms with E-state index in [1.165, 1.54) is 0 Å². The van der Waals surface area contributed by atoms with Crippen molar-refractivity contribution < 1.29 is 19.8 Å². The van der Waals surface area contributed by atoms with Crippen LogP contribution in [0.25, 0.3) is 0 Å². The van der Waals surface area contributed by atoms with Crippen molar-refractivity contribution in [1.82, 2.24) is 5.32 Å². The molecule has 0 saturated carbocycles. The van der Waals surface area contributed by atoms with Gasteiger partial charge < -0.3 is 15.5 Å². The largest absolute Gasteiger partial charge is 0.481 e. The van der Waals surface area contributed by atoms with Crippen LogP contribution in [0.1, 0.15) is 33.1 Å². The molecule has 1 aliphatic rings. The Morgan fingerprint density at radius 3 is 2.33 bits per heavy atom. The lowest BCUT2D eigenvalue weighted by molar-refractivity contribution is -0.147. The summed E-state index contributed by atoms with van der Waals surface area (Å²) in [5.41, 5.74) is 0. The molecule has 18 heavy (non-hydrogen) atoms. The Bertz CT molecular complexity index is 338. The summed E-state index contributed by atoms with van der Waals surface area (Å²) in [6.45, 7) is 3.46. The average molecular weight is 255 g/mol. The monoisotopic (exact) mass is 255 g/mol. The van der Waals surface area contributed by atoms with Crippen LogP contribution >= 0.6 is 0 Å². The van der Waals surface area contributed by atoms with Crippen molar-refractivity contribution in [3.8, 4) is 0 Å². The van der Waals surface area contributed by atoms with E-state index in [1.54, 1.807) is 13.8 Å². The van der Waals surface area contributed by atoms with Gasteiger partial charge in [-0.3, -0.25) is 9.59 Å². The fraction of sp³-hybridized carbons (Fsp3) is 0.692. The maximum absolute atomic E-state index is 12.0. The van der Waals surface area contributed by atoms with Gasteiger partial charge in [-0.25, -0.2) is 0 Å². The SMILES string of the molecule is CC(O)CC(C)NC(=O)C1CC=CCC1C(=O)O. The molecule has 0 aromatic rings. The zero-order valence-electron chi connectivity index (χ0n) is 10.8. The van der Waals surface area contributed by atoms with E-state index in [0.717, 1.165) is 0 Å². The molecule has 3 N–H and O–H groups in total. The van der Waals surface area contributed by atoms with Gasteiger partial charge >= 0.3 is 5.97 Å². The number of amides is 1. The van der Waals surface area contributed by atoms with E-state index in [2.05, 4.69) is 5.32 Å². The highest BCUT2D eigenvalue weighted by molar-refractivity contribution is 5.85. The molecular formula is C13H21NO4. The minimum atomic E-state index is -0.928. The van der Waals surface area contributed by atoms with Gasteiger partial charge in [0.05, 0.1) is 17.9 Å². The van der Waals surface area contributed by atoms with E-state index in [9.17, 15) is 14.7 Å². The van der Waals surface area contributed by atoms with Crippen LogP contribution in [0.4, 0.5) is 0 Å². The minimum absolute atomic E-state index is 0.155. The fourth-order valence-corrected chi connectivity index (χ4v) is 2.30. The Kier molecular flexibility index (Phi) is 5.34. The van der Waals surface area contributed by atoms with E-state index < -0.39 is 23.9 Å². The van der Waals surface area contributed by atoms with Crippen molar-refractivity contribution in [2.45, 2.75) is 45.3 Å². The quantitative estimate of drug-likeness (QED) is 0.638. The summed E-state index contributed by atoms with van der Waals surface area (Å²) in [5, 5.41) is 21.1. The van der Waals surface area contributed by atoms with Crippen LogP contribution in [0, 0.1) is 11.8 Å². The predicted octanol–water partition coefficient (Wildman–Crippen LogP) is 0.929. The van der Waals surface area contributed by atoms with Crippen LogP contribution in [-0.2, 0) is 9.59 Å². The molecule has 0 spiro atoms. The lowest BCUT2D eigenvalue weighted by atomic mass is 9.82. The molecule has 4 atom stereocenters. The summed E-state index contributed by atoms with van der Waals surface area (Å²) >= 11 is 0. The number of hydrogen-bond acceptors (Lipinski definition) is 3. The molecule has 5 heteroatoms. The molecule has 1 rings (SSSR count). The summed E-state index contributed by atoms with van der Waals surface area (Å²) in [7, 11) is 0. The van der Waals surface area contributed by atoms with Gasteiger partial charge in [-0.05, 0) is 33.1 Å². The van der Waals surface area contributed by atoms with E-state index in [-0.39, 0.29) is 11.9 Å². The van der Waals surface area contributed by atoms with Crippen LogP contribution in [-0.4, -0.2) is 34.2 Å². The molecule has 1 amide bonds. The van der Waals surface area contributed by atoms with E-state index in [1.807, 2.05) is 12.2 Å². The zero-order chi connectivity index (χ0) is 13.7. The van der Waals surface area contributed by atoms with Crippen molar-refractivity contribution in [3.63, 3.8) is 0 Å². The molecule has 0 aliphatic heterocycles. The third kappa shape index (κ3) is 4.14. The number of hydrogen-bond donors (Lipinski definition) is 3. The molecular weight excluding hydrogens is 234 g/mol. The lowest BCUT2D eigenvalue weighted by Gasteiger charge is -2.26. The first-order chi connectivity index (χ1) is 8.41. The molecule has 1 aliphatic carbocycles. The summed E-state index contributed by atoms with van der Waals surface area (Å²) < 4.78 is 0. The maximum Gasteiger partial charge on any atom is 0.307 e. The Hall–Kier alpha value is -1.36. The second kappa shape index (κ2) is 6.54. The first-order valence-corrected chi connectivity index (χ1v) is 6.28. The standard InChI is InChI=1S/C13H21NO4/c1-8(7-9(2)15)14-12(16)10-5-3-4-6-11(10)13(17)18/h3-4,8-11,15H,5-7H2,1-2H3,(H,14,16)(H,17,18). The maximum atomic E-state index is 12.0. The van der Waals surface area contributed by atoms with Crippen LogP contribution in [0.2, 0.25) is 0 Å². The van der Waals surface area contributed by atoms with Crippen LogP contribution < -0.4 is 5.32 Å². The van der Waals surface area contributed by atoms with Crippen molar-refractivity contribution in [2.24, 2.45) is 11.8 Å². The van der Waals surface area contributed by atoms with Crippen LogP contribution in [0.5, 0.6) is 0 Å². The van der Waals surface area contributed by atoms with Crippen LogP contribution in [0.15, 0.2) is 12.2 Å². The molecule has 4 unspecified atom stereocenters. The Balaban J connectivity index is 2.59. The summed E-state index contributed by atoms with van der Waals surface area (Å²) in [5.74, 6) is -2.32. The number of carbonyl (C=O) groups is 2. The highest BCUT2D eigenvalue weighted by Crippen LogP contribution is 2.26. The van der Waals surface area contributed by atoms with E-state index in [0.29, 0.717) is 19.3 Å². The van der Waals surface area contributed by atoms with E-state index >= 15 is 0 Å². The molecule has 0 aromatic carbocycles. The molecule has 0 fully saturated rings. The van der Waals surface area contributed by atoms with Gasteiger partial charge in [0.1, 0.15) is 0 Å². The second-order valence-corrected chi connectivity index (χ2v) is 4.99. The first-order valence-electron chi connectivity index (χ1n) is 6.28. The Labute approximate surface area is 107 Å². The third-order valence-corrected chi connectivity index (χ3v) is 3.17. The smallest absolute Gasteiger partial charge is 0.307 e. The van der Waals surface area contributed by atoms with Crippen molar-refractivity contribution in [2.75, 3.05) is 0 Å². The van der Waals surface area contributed by atoms with Crippen molar-refractivity contribution in [1.29, 1.82) is 0 Å². The molecule has 0 bridgehead atoms. The van der Waals surface area contributed by atoms with Gasteiger partial charge in [-0.1, -0.05) is 12.2 Å². The number of carboxylic acids is 1. The average Bonchev–Trinajstić information content (AvgIpc) is 2.27. The molecule has 0 aromatic heterocycles.